The molecule has 1 atom stereocenters. The van der Waals surface area contributed by atoms with Crippen LogP contribution < -0.4 is 4.90 Å². The van der Waals surface area contributed by atoms with Crippen LogP contribution in [0.15, 0.2) is 12.1 Å². The van der Waals surface area contributed by atoms with Gasteiger partial charge in [-0.1, -0.05) is 13.8 Å². The van der Waals surface area contributed by atoms with E-state index in [0.29, 0.717) is 0 Å². The van der Waals surface area contributed by atoms with E-state index in [9.17, 15) is 4.79 Å². The summed E-state index contributed by atoms with van der Waals surface area (Å²) in [6, 6.07) is 3.98. The maximum atomic E-state index is 10.6. The van der Waals surface area contributed by atoms with Gasteiger partial charge in [-0.2, -0.15) is 0 Å². The van der Waals surface area contributed by atoms with Gasteiger partial charge in [0, 0.05) is 13.1 Å². The fraction of sp³-hybridized carbons (Fsp3) is 0.583. The lowest BCUT2D eigenvalue weighted by molar-refractivity contribution is 0.112. The highest BCUT2D eigenvalue weighted by Gasteiger charge is 2.25. The summed E-state index contributed by atoms with van der Waals surface area (Å²) >= 11 is 1.60. The molecule has 1 aliphatic heterocycles. The summed E-state index contributed by atoms with van der Waals surface area (Å²) in [5, 5.41) is 1.25. The molecule has 2 rings (SSSR count). The Balaban J connectivity index is 2.04. The number of carbonyl (C=O) groups excluding carboxylic acids is 1. The molecular formula is C12H17NOS. The van der Waals surface area contributed by atoms with Gasteiger partial charge < -0.3 is 4.90 Å². The van der Waals surface area contributed by atoms with E-state index in [4.69, 9.17) is 0 Å². The Kier molecular flexibility index (Phi) is 3.10. The van der Waals surface area contributed by atoms with Crippen LogP contribution in [0, 0.1) is 11.8 Å². The van der Waals surface area contributed by atoms with Gasteiger partial charge in [0.15, 0.2) is 6.29 Å². The second-order valence-corrected chi connectivity index (χ2v) is 5.63. The standard InChI is InChI=1S/C12H17NOS/c1-9(2)10-5-6-13(7-10)12-4-3-11(8-14)15-12/h3-4,8-10H,5-7H2,1-2H3. The van der Waals surface area contributed by atoms with Crippen LogP contribution in [0.5, 0.6) is 0 Å². The van der Waals surface area contributed by atoms with Gasteiger partial charge in [0.25, 0.3) is 0 Å². The average Bonchev–Trinajstić information content (AvgIpc) is 2.86. The SMILES string of the molecule is CC(C)C1CCN(c2ccc(C=O)s2)C1. The lowest BCUT2D eigenvalue weighted by Gasteiger charge is -2.17. The van der Waals surface area contributed by atoms with E-state index in [1.54, 1.807) is 11.3 Å². The summed E-state index contributed by atoms with van der Waals surface area (Å²) in [4.78, 5) is 13.8. The van der Waals surface area contributed by atoms with E-state index >= 15 is 0 Å². The zero-order valence-electron chi connectivity index (χ0n) is 9.27. The second kappa shape index (κ2) is 4.35. The molecule has 1 fully saturated rings. The van der Waals surface area contributed by atoms with Crippen LogP contribution in [0.2, 0.25) is 0 Å². The predicted octanol–water partition coefficient (Wildman–Crippen LogP) is 3.04. The van der Waals surface area contributed by atoms with Crippen LogP contribution in [0.25, 0.3) is 0 Å². The van der Waals surface area contributed by atoms with E-state index in [0.717, 1.165) is 36.1 Å². The predicted molar refractivity (Wildman–Crippen MR) is 64.9 cm³/mol. The fourth-order valence-corrected chi connectivity index (χ4v) is 2.96. The zero-order valence-corrected chi connectivity index (χ0v) is 10.1. The number of aldehydes is 1. The monoisotopic (exact) mass is 223 g/mol. The van der Waals surface area contributed by atoms with Gasteiger partial charge in [0.2, 0.25) is 0 Å². The molecule has 15 heavy (non-hydrogen) atoms. The molecule has 0 radical (unpaired) electrons. The van der Waals surface area contributed by atoms with Crippen molar-refractivity contribution in [2.45, 2.75) is 20.3 Å². The topological polar surface area (TPSA) is 20.3 Å². The van der Waals surface area contributed by atoms with Crippen LogP contribution in [0.1, 0.15) is 29.9 Å². The smallest absolute Gasteiger partial charge is 0.160 e. The van der Waals surface area contributed by atoms with E-state index in [1.165, 1.54) is 11.4 Å². The lowest BCUT2D eigenvalue weighted by atomic mass is 9.95. The first kappa shape index (κ1) is 10.7. The minimum atomic E-state index is 0.764. The molecule has 2 heterocycles. The van der Waals surface area contributed by atoms with Crippen LogP contribution in [-0.2, 0) is 0 Å². The summed E-state index contributed by atoms with van der Waals surface area (Å²) in [6.07, 6.45) is 2.22. The number of rotatable bonds is 3. The first-order valence-corrected chi connectivity index (χ1v) is 6.32. The average molecular weight is 223 g/mol. The molecule has 1 unspecified atom stereocenters. The third-order valence-electron chi connectivity index (χ3n) is 3.21. The Morgan fingerprint density at radius 1 is 1.53 bits per heavy atom. The van der Waals surface area contributed by atoms with Crippen LogP contribution in [0.4, 0.5) is 5.00 Å². The van der Waals surface area contributed by atoms with Gasteiger partial charge in [-0.05, 0) is 30.4 Å². The zero-order chi connectivity index (χ0) is 10.8. The Labute approximate surface area is 94.9 Å². The van der Waals surface area contributed by atoms with Crippen molar-refractivity contribution in [3.63, 3.8) is 0 Å². The van der Waals surface area contributed by atoms with E-state index in [2.05, 4.69) is 24.8 Å². The third kappa shape index (κ3) is 2.23. The maximum Gasteiger partial charge on any atom is 0.160 e. The van der Waals surface area contributed by atoms with Gasteiger partial charge in [0.05, 0.1) is 9.88 Å². The highest BCUT2D eigenvalue weighted by molar-refractivity contribution is 7.17. The first-order chi connectivity index (χ1) is 7.20. The molecule has 1 aliphatic rings. The van der Waals surface area contributed by atoms with Crippen LogP contribution in [-0.4, -0.2) is 19.4 Å². The van der Waals surface area contributed by atoms with Crippen molar-refractivity contribution in [1.29, 1.82) is 0 Å². The number of nitrogens with zero attached hydrogens (tertiary/aromatic N) is 1. The van der Waals surface area contributed by atoms with Crippen LogP contribution in [0.3, 0.4) is 0 Å². The maximum absolute atomic E-state index is 10.6. The molecule has 0 spiro atoms. The van der Waals surface area contributed by atoms with Crippen molar-refractivity contribution < 1.29 is 4.79 Å². The molecule has 2 nitrogen and oxygen atoms in total. The molecule has 1 aromatic rings. The highest BCUT2D eigenvalue weighted by atomic mass is 32.1. The van der Waals surface area contributed by atoms with Crippen molar-refractivity contribution in [3.05, 3.63) is 17.0 Å². The van der Waals surface area contributed by atoms with E-state index in [-0.39, 0.29) is 0 Å². The van der Waals surface area contributed by atoms with Crippen LogP contribution >= 0.6 is 11.3 Å². The van der Waals surface area contributed by atoms with Crippen molar-refractivity contribution in [1.82, 2.24) is 0 Å². The Hall–Kier alpha value is -0.830. The molecule has 3 heteroatoms. The van der Waals surface area contributed by atoms with Gasteiger partial charge in [-0.25, -0.2) is 0 Å². The quantitative estimate of drug-likeness (QED) is 0.734. The van der Waals surface area contributed by atoms with Gasteiger partial charge in [-0.15, -0.1) is 11.3 Å². The number of anilines is 1. The Morgan fingerprint density at radius 2 is 2.33 bits per heavy atom. The number of carbonyl (C=O) groups is 1. The molecule has 0 aliphatic carbocycles. The summed E-state index contributed by atoms with van der Waals surface area (Å²) in [7, 11) is 0. The lowest BCUT2D eigenvalue weighted by Crippen LogP contribution is -2.19. The molecule has 0 bridgehead atoms. The molecule has 82 valence electrons. The summed E-state index contributed by atoms with van der Waals surface area (Å²) in [5.74, 6) is 1.58. The molecule has 1 aromatic heterocycles. The van der Waals surface area contributed by atoms with Gasteiger partial charge in [0.1, 0.15) is 0 Å². The summed E-state index contributed by atoms with van der Waals surface area (Å²) < 4.78 is 0. The van der Waals surface area contributed by atoms with Crippen molar-refractivity contribution >= 4 is 22.6 Å². The Morgan fingerprint density at radius 3 is 2.87 bits per heavy atom. The Bertz CT molecular complexity index is 345. The minimum Gasteiger partial charge on any atom is -0.363 e. The molecule has 1 saturated heterocycles. The summed E-state index contributed by atoms with van der Waals surface area (Å²) in [5.41, 5.74) is 0. The molecule has 0 N–H and O–H groups in total. The highest BCUT2D eigenvalue weighted by Crippen LogP contribution is 2.32. The minimum absolute atomic E-state index is 0.764. The third-order valence-corrected chi connectivity index (χ3v) is 4.28. The normalized spacial score (nSPS) is 21.3. The first-order valence-electron chi connectivity index (χ1n) is 5.50. The molecule has 0 aromatic carbocycles. The molecule has 0 amide bonds. The fourth-order valence-electron chi connectivity index (χ4n) is 2.11. The molecular weight excluding hydrogens is 206 g/mol. The van der Waals surface area contributed by atoms with Gasteiger partial charge >= 0.3 is 0 Å². The number of hydrogen-bond donors (Lipinski definition) is 0. The second-order valence-electron chi connectivity index (χ2n) is 4.53. The largest absolute Gasteiger partial charge is 0.363 e. The van der Waals surface area contributed by atoms with Crippen molar-refractivity contribution in [2.75, 3.05) is 18.0 Å². The number of thiophene rings is 1. The van der Waals surface area contributed by atoms with E-state index < -0.39 is 0 Å². The number of hydrogen-bond acceptors (Lipinski definition) is 3. The van der Waals surface area contributed by atoms with Crippen molar-refractivity contribution in [2.24, 2.45) is 11.8 Å². The molecule has 0 saturated carbocycles. The van der Waals surface area contributed by atoms with Crippen molar-refractivity contribution in [3.8, 4) is 0 Å². The van der Waals surface area contributed by atoms with Gasteiger partial charge in [-0.3, -0.25) is 4.79 Å². The van der Waals surface area contributed by atoms with E-state index in [1.807, 2.05) is 6.07 Å². The summed E-state index contributed by atoms with van der Waals surface area (Å²) in [6.45, 7) is 6.87.